The highest BCUT2D eigenvalue weighted by atomic mass is 32.1. The molecular weight excluding hydrogens is 389 g/mol. The predicted molar refractivity (Wildman–Crippen MR) is 78.7 cm³/mol. The van der Waals surface area contributed by atoms with Crippen LogP contribution >= 0.6 is 37.5 Å². The molecule has 0 saturated heterocycles. The quantitative estimate of drug-likeness (QED) is 0.381. The zero-order valence-electron chi connectivity index (χ0n) is 11.8. The van der Waals surface area contributed by atoms with E-state index in [1.807, 2.05) is 0 Å². The molecular formula is C11H13F7N2S3. The number of alkyl halides is 7. The first-order valence-corrected chi connectivity index (χ1v) is 7.50. The van der Waals surface area contributed by atoms with E-state index in [0.717, 1.165) is 4.57 Å². The standard InChI is InChI=1S/C11H13F7N2S3/c1-5(2)20-7(22)6(21)19(8(20)23)4-3-9(12,13)10(14,15)11(16,17)18/h5,21-22H,3-4H2,1-2H3. The molecule has 0 bridgehead atoms. The first kappa shape index (κ1) is 20.7. The molecule has 0 spiro atoms. The van der Waals surface area contributed by atoms with Crippen LogP contribution in [0.25, 0.3) is 0 Å². The van der Waals surface area contributed by atoms with Crippen molar-refractivity contribution in [3.63, 3.8) is 0 Å². The predicted octanol–water partition coefficient (Wildman–Crippen LogP) is 5.40. The molecule has 1 rings (SSSR count). The van der Waals surface area contributed by atoms with Crippen LogP contribution in [-0.4, -0.2) is 27.2 Å². The van der Waals surface area contributed by atoms with Gasteiger partial charge < -0.3 is 9.13 Å². The topological polar surface area (TPSA) is 9.86 Å². The lowest BCUT2D eigenvalue weighted by atomic mass is 10.1. The second-order valence-corrected chi connectivity index (χ2v) is 6.28. The Morgan fingerprint density at radius 2 is 1.48 bits per heavy atom. The minimum absolute atomic E-state index is 0.0122. The molecule has 1 aromatic heterocycles. The van der Waals surface area contributed by atoms with Crippen LogP contribution in [-0.2, 0) is 6.54 Å². The van der Waals surface area contributed by atoms with Crippen molar-refractivity contribution in [2.24, 2.45) is 0 Å². The van der Waals surface area contributed by atoms with Gasteiger partial charge in [-0.15, -0.1) is 25.3 Å². The largest absolute Gasteiger partial charge is 0.459 e. The van der Waals surface area contributed by atoms with Crippen molar-refractivity contribution < 1.29 is 30.7 Å². The first-order valence-electron chi connectivity index (χ1n) is 6.20. The van der Waals surface area contributed by atoms with Gasteiger partial charge in [-0.25, -0.2) is 0 Å². The van der Waals surface area contributed by atoms with Crippen LogP contribution in [0.4, 0.5) is 30.7 Å². The van der Waals surface area contributed by atoms with E-state index in [9.17, 15) is 30.7 Å². The van der Waals surface area contributed by atoms with Crippen LogP contribution in [0, 0.1) is 4.77 Å². The van der Waals surface area contributed by atoms with Crippen molar-refractivity contribution in [1.29, 1.82) is 0 Å². The molecule has 0 fully saturated rings. The molecule has 0 aliphatic rings. The number of imidazole rings is 1. The van der Waals surface area contributed by atoms with Crippen molar-refractivity contribution >= 4 is 37.5 Å². The highest BCUT2D eigenvalue weighted by molar-refractivity contribution is 7.83. The number of hydrogen-bond donors (Lipinski definition) is 2. The molecule has 0 unspecified atom stereocenters. The Kier molecular flexibility index (Phi) is 5.85. The van der Waals surface area contributed by atoms with Crippen molar-refractivity contribution in [3.05, 3.63) is 4.77 Å². The van der Waals surface area contributed by atoms with Crippen molar-refractivity contribution in [2.75, 3.05) is 0 Å². The van der Waals surface area contributed by atoms with Gasteiger partial charge in [-0.05, 0) is 26.1 Å². The zero-order chi connectivity index (χ0) is 18.4. The summed E-state index contributed by atoms with van der Waals surface area (Å²) in [5.41, 5.74) is 0. The molecule has 0 amide bonds. The molecule has 2 nitrogen and oxygen atoms in total. The van der Waals surface area contributed by atoms with Crippen LogP contribution in [0.1, 0.15) is 26.3 Å². The number of aromatic nitrogens is 2. The van der Waals surface area contributed by atoms with Crippen molar-refractivity contribution in [3.8, 4) is 0 Å². The van der Waals surface area contributed by atoms with Crippen LogP contribution in [0.3, 0.4) is 0 Å². The van der Waals surface area contributed by atoms with Gasteiger partial charge >= 0.3 is 18.0 Å². The summed E-state index contributed by atoms with van der Waals surface area (Å²) in [6, 6.07) is -0.223. The molecule has 1 heterocycles. The second-order valence-electron chi connectivity index (χ2n) is 5.07. The lowest BCUT2D eigenvalue weighted by Gasteiger charge is -2.28. The molecule has 0 radical (unpaired) electrons. The van der Waals surface area contributed by atoms with Crippen molar-refractivity contribution in [1.82, 2.24) is 9.13 Å². The summed E-state index contributed by atoms with van der Waals surface area (Å²) in [6.45, 7) is 2.56. The molecule has 134 valence electrons. The fourth-order valence-electron chi connectivity index (χ4n) is 1.82. The van der Waals surface area contributed by atoms with Gasteiger partial charge in [-0.2, -0.15) is 30.7 Å². The van der Waals surface area contributed by atoms with Gasteiger partial charge in [0.05, 0.1) is 0 Å². The van der Waals surface area contributed by atoms with E-state index >= 15 is 0 Å². The zero-order valence-corrected chi connectivity index (χ0v) is 14.4. The van der Waals surface area contributed by atoms with E-state index in [1.165, 1.54) is 4.57 Å². The summed E-state index contributed by atoms with van der Waals surface area (Å²) in [5.74, 6) is -11.4. The average molecular weight is 402 g/mol. The summed E-state index contributed by atoms with van der Waals surface area (Å²) in [6.07, 6.45) is -8.10. The maximum atomic E-state index is 13.3. The first-order chi connectivity index (χ1) is 10.1. The van der Waals surface area contributed by atoms with E-state index < -0.39 is 31.0 Å². The van der Waals surface area contributed by atoms with E-state index in [2.05, 4.69) is 25.3 Å². The lowest BCUT2D eigenvalue weighted by molar-refractivity contribution is -0.356. The van der Waals surface area contributed by atoms with Gasteiger partial charge in [0.2, 0.25) is 0 Å². The number of hydrogen-bond acceptors (Lipinski definition) is 3. The molecule has 0 aromatic carbocycles. The Bertz CT molecular complexity index is 631. The molecule has 23 heavy (non-hydrogen) atoms. The van der Waals surface area contributed by atoms with Crippen molar-refractivity contribution in [2.45, 2.75) is 60.9 Å². The molecule has 0 aliphatic carbocycles. The molecule has 0 atom stereocenters. The Balaban J connectivity index is 3.13. The van der Waals surface area contributed by atoms with Gasteiger partial charge in [-0.3, -0.25) is 0 Å². The van der Waals surface area contributed by atoms with Gasteiger partial charge in [0.15, 0.2) is 4.77 Å². The summed E-state index contributed by atoms with van der Waals surface area (Å²) in [5, 5.41) is 0.220. The third kappa shape index (κ3) is 3.68. The number of nitrogens with zero attached hydrogens (tertiary/aromatic N) is 2. The van der Waals surface area contributed by atoms with Gasteiger partial charge in [0.1, 0.15) is 10.1 Å². The van der Waals surface area contributed by atoms with Gasteiger partial charge in [0.25, 0.3) is 0 Å². The third-order valence-electron chi connectivity index (χ3n) is 3.10. The molecule has 1 aromatic rings. The SMILES string of the molecule is CC(C)n1c(S)c(S)n(CCC(F)(F)C(F)(F)C(F)(F)F)c1=S. The van der Waals surface area contributed by atoms with Crippen LogP contribution in [0.15, 0.2) is 10.1 Å². The van der Waals surface area contributed by atoms with Crippen LogP contribution in [0.5, 0.6) is 0 Å². The fourth-order valence-corrected chi connectivity index (χ4v) is 3.19. The minimum Gasteiger partial charge on any atom is -0.311 e. The monoisotopic (exact) mass is 402 g/mol. The summed E-state index contributed by atoms with van der Waals surface area (Å²) in [4.78, 5) is 0. The van der Waals surface area contributed by atoms with E-state index in [1.54, 1.807) is 13.8 Å². The molecule has 0 N–H and O–H groups in total. The van der Waals surface area contributed by atoms with E-state index in [4.69, 9.17) is 12.2 Å². The summed E-state index contributed by atoms with van der Waals surface area (Å²) in [7, 11) is 0. The Hall–Kier alpha value is -0.360. The van der Waals surface area contributed by atoms with Crippen LogP contribution < -0.4 is 0 Å². The normalized spacial score (nSPS) is 13.9. The Morgan fingerprint density at radius 3 is 1.83 bits per heavy atom. The second kappa shape index (κ2) is 6.51. The smallest absolute Gasteiger partial charge is 0.311 e. The Labute approximate surface area is 143 Å². The minimum atomic E-state index is -6.35. The number of thiol groups is 2. The fraction of sp³-hybridized carbons (Fsp3) is 0.727. The number of rotatable bonds is 5. The molecule has 12 heteroatoms. The summed E-state index contributed by atoms with van der Waals surface area (Å²) < 4.78 is 91.1. The third-order valence-corrected chi connectivity index (χ3v) is 4.58. The average Bonchev–Trinajstić information content (AvgIpc) is 2.56. The Morgan fingerprint density at radius 1 is 1.00 bits per heavy atom. The van der Waals surface area contributed by atoms with E-state index in [-0.39, 0.29) is 20.9 Å². The van der Waals surface area contributed by atoms with E-state index in [0.29, 0.717) is 0 Å². The highest BCUT2D eigenvalue weighted by Gasteiger charge is 2.72. The maximum Gasteiger partial charge on any atom is 0.459 e. The van der Waals surface area contributed by atoms with Gasteiger partial charge in [-0.1, -0.05) is 0 Å². The number of halogens is 7. The highest BCUT2D eigenvalue weighted by Crippen LogP contribution is 2.48. The maximum absolute atomic E-state index is 13.3. The molecule has 0 aliphatic heterocycles. The lowest BCUT2D eigenvalue weighted by Crippen LogP contribution is -2.52. The van der Waals surface area contributed by atoms with Crippen LogP contribution in [0.2, 0.25) is 0 Å². The summed E-state index contributed by atoms with van der Waals surface area (Å²) >= 11 is 13.1. The molecule has 0 saturated carbocycles. The van der Waals surface area contributed by atoms with Gasteiger partial charge in [0, 0.05) is 19.0 Å².